The highest BCUT2D eigenvalue weighted by Crippen LogP contribution is 2.50. The van der Waals surface area contributed by atoms with E-state index in [4.69, 9.17) is 11.6 Å². The first kappa shape index (κ1) is 65.7. The SMILES string of the molecule is Cc1cc(C)cc(N(c2ccc(C3CCCCC3)cc2)c2cccc(N(c3ccc(C4CCCCC4)cc3)c3cc(C)cc(C)c3)c2Cl)c1.Cc1cc(C)cc(N2c3ccc(C4CCCCC4)cc3B3c4cc(C5CCCCC5)ccc4N(c4cc(C)cc(C)c4)c4cccc2c43)c1. The summed E-state index contributed by atoms with van der Waals surface area (Å²) in [5.74, 6) is 2.66. The molecular formula is C92H100BClN4. The first-order valence-electron chi connectivity index (χ1n) is 37.7. The minimum Gasteiger partial charge on any atom is -0.311 e. The van der Waals surface area contributed by atoms with Gasteiger partial charge in [0.1, 0.15) is 0 Å². The van der Waals surface area contributed by atoms with Crippen molar-refractivity contribution in [2.75, 3.05) is 19.6 Å². The molecule has 4 nitrogen and oxygen atoms in total. The van der Waals surface area contributed by atoms with E-state index in [9.17, 15) is 0 Å². The van der Waals surface area contributed by atoms with Gasteiger partial charge in [-0.2, -0.15) is 0 Å². The molecule has 2 heterocycles. The van der Waals surface area contributed by atoms with Crippen molar-refractivity contribution in [3.05, 3.63) is 266 Å². The summed E-state index contributed by atoms with van der Waals surface area (Å²) in [6, 6.07) is 75.1. The maximum absolute atomic E-state index is 7.68. The van der Waals surface area contributed by atoms with Gasteiger partial charge in [-0.3, -0.25) is 0 Å². The summed E-state index contributed by atoms with van der Waals surface area (Å²) in [5, 5.41) is 0.730. The van der Waals surface area contributed by atoms with Crippen molar-refractivity contribution in [1.29, 1.82) is 0 Å². The molecule has 4 fully saturated rings. The van der Waals surface area contributed by atoms with Crippen LogP contribution in [0.3, 0.4) is 0 Å². The summed E-state index contributed by atoms with van der Waals surface area (Å²) in [6.07, 6.45) is 26.7. The van der Waals surface area contributed by atoms with E-state index in [0.29, 0.717) is 23.7 Å². The lowest BCUT2D eigenvalue weighted by atomic mass is 9.33. The van der Waals surface area contributed by atoms with Gasteiger partial charge in [0, 0.05) is 56.9 Å². The molecule has 0 saturated heterocycles. The number of benzene rings is 10. The Labute approximate surface area is 592 Å². The quantitative estimate of drug-likeness (QED) is 0.113. The van der Waals surface area contributed by atoms with E-state index in [2.05, 4.69) is 269 Å². The molecule has 0 atom stereocenters. The minimum absolute atomic E-state index is 0.188. The van der Waals surface area contributed by atoms with Gasteiger partial charge in [0.25, 0.3) is 6.71 Å². The molecule has 0 bridgehead atoms. The van der Waals surface area contributed by atoms with Crippen LogP contribution in [0.4, 0.5) is 68.2 Å². The van der Waals surface area contributed by atoms with Crippen molar-refractivity contribution in [2.45, 2.75) is 207 Å². The highest BCUT2D eigenvalue weighted by Gasteiger charge is 2.44. The van der Waals surface area contributed by atoms with Crippen LogP contribution in [0, 0.1) is 55.4 Å². The van der Waals surface area contributed by atoms with Crippen LogP contribution >= 0.6 is 11.6 Å². The van der Waals surface area contributed by atoms with E-state index in [1.807, 2.05) is 0 Å². The highest BCUT2D eigenvalue weighted by atomic mass is 35.5. The summed E-state index contributed by atoms with van der Waals surface area (Å²) >= 11 is 7.68. The number of aryl methyl sites for hydroxylation is 8. The molecule has 2 aliphatic heterocycles. The third kappa shape index (κ3) is 13.4. The standard InChI is InChI=1S/C46H49BN2.C46H51ClN2/c1-30-22-31(2)25-38(24-30)48-42-20-18-36(34-12-7-5-8-13-34)28-40(42)47-41-29-37(35-14-9-6-10-15-35)19-21-43(41)49(39-26-32(3)23-33(4)27-39)45-17-11-16-44(48)46(45)47;1-32-26-33(2)29-42(28-32)48(40-22-18-38(19-23-40)36-12-7-5-8-13-36)44-16-11-17-45(46(44)47)49(43-30-34(3)27-35(4)31-43)41-24-20-39(21-25-41)37-14-9-6-10-15-37/h11,16-29,34-35H,5-10,12-15H2,1-4H3;11,16-31,36-37H,5-10,12-15H2,1-4H3. The van der Waals surface area contributed by atoms with Gasteiger partial charge in [0.2, 0.25) is 0 Å². The Kier molecular flexibility index (Phi) is 19.1. The maximum atomic E-state index is 7.68. The molecule has 0 unspecified atom stereocenters. The van der Waals surface area contributed by atoms with E-state index in [0.717, 1.165) is 39.1 Å². The van der Waals surface area contributed by atoms with Gasteiger partial charge in [-0.15, -0.1) is 0 Å². The summed E-state index contributed by atoms with van der Waals surface area (Å²) in [5.41, 5.74) is 34.8. The summed E-state index contributed by atoms with van der Waals surface area (Å²) in [7, 11) is 0. The second-order valence-corrected chi connectivity index (χ2v) is 31.0. The van der Waals surface area contributed by atoms with Crippen LogP contribution in [0.1, 0.15) is 219 Å². The van der Waals surface area contributed by atoms with Crippen LogP contribution in [-0.4, -0.2) is 6.71 Å². The van der Waals surface area contributed by atoms with E-state index < -0.39 is 0 Å². The van der Waals surface area contributed by atoms with Crippen LogP contribution in [0.25, 0.3) is 0 Å². The number of anilines is 12. The molecule has 16 rings (SSSR count). The Bertz CT molecular complexity index is 4160. The van der Waals surface area contributed by atoms with Crippen molar-refractivity contribution in [1.82, 2.24) is 0 Å². The minimum atomic E-state index is 0.188. The Morgan fingerprint density at radius 3 is 0.929 bits per heavy atom. The summed E-state index contributed by atoms with van der Waals surface area (Å²) in [6.45, 7) is 17.9. The van der Waals surface area contributed by atoms with Gasteiger partial charge in [-0.1, -0.05) is 174 Å². The van der Waals surface area contributed by atoms with E-state index >= 15 is 0 Å². The van der Waals surface area contributed by atoms with Gasteiger partial charge in [-0.05, 0) is 323 Å². The third-order valence-corrected chi connectivity index (χ3v) is 23.3. The zero-order valence-electron chi connectivity index (χ0n) is 59.7. The normalized spacial score (nSPS) is 16.6. The predicted molar refractivity (Wildman–Crippen MR) is 422 cm³/mol. The van der Waals surface area contributed by atoms with Gasteiger partial charge >= 0.3 is 0 Å². The van der Waals surface area contributed by atoms with Gasteiger partial charge in [0.05, 0.1) is 16.4 Å². The second kappa shape index (κ2) is 28.5. The molecule has 10 aromatic rings. The van der Waals surface area contributed by atoms with Gasteiger partial charge < -0.3 is 19.6 Å². The Hall–Kier alpha value is -8.25. The van der Waals surface area contributed by atoms with Crippen molar-refractivity contribution < 1.29 is 0 Å². The van der Waals surface area contributed by atoms with Crippen LogP contribution < -0.4 is 36.0 Å². The maximum Gasteiger partial charge on any atom is 0.252 e. The van der Waals surface area contributed by atoms with E-state index in [-0.39, 0.29) is 6.71 Å². The highest BCUT2D eigenvalue weighted by molar-refractivity contribution is 7.00. The molecule has 4 aliphatic carbocycles. The monoisotopic (exact) mass is 1310 g/mol. The van der Waals surface area contributed by atoms with Crippen LogP contribution in [0.5, 0.6) is 0 Å². The second-order valence-electron chi connectivity index (χ2n) is 30.6. The Morgan fingerprint density at radius 2 is 0.592 bits per heavy atom. The number of hydrogen-bond acceptors (Lipinski definition) is 4. The zero-order chi connectivity index (χ0) is 67.1. The van der Waals surface area contributed by atoms with Crippen molar-refractivity contribution in [3.63, 3.8) is 0 Å². The van der Waals surface area contributed by atoms with E-state index in [1.165, 1.54) is 235 Å². The fraction of sp³-hybridized carbons (Fsp3) is 0.348. The van der Waals surface area contributed by atoms with Crippen LogP contribution in [0.2, 0.25) is 5.02 Å². The molecule has 4 saturated carbocycles. The molecular weight excluding hydrogens is 1210 g/mol. The van der Waals surface area contributed by atoms with Crippen LogP contribution in [0.15, 0.2) is 194 Å². The largest absolute Gasteiger partial charge is 0.311 e. The summed E-state index contributed by atoms with van der Waals surface area (Å²) in [4.78, 5) is 9.88. The van der Waals surface area contributed by atoms with E-state index in [1.54, 1.807) is 11.1 Å². The molecule has 0 aromatic heterocycles. The lowest BCUT2D eigenvalue weighted by Gasteiger charge is -2.44. The third-order valence-electron chi connectivity index (χ3n) is 22.9. The molecule has 98 heavy (non-hydrogen) atoms. The molecule has 0 amide bonds. The number of halogens is 1. The lowest BCUT2D eigenvalue weighted by molar-refractivity contribution is 0.443. The van der Waals surface area contributed by atoms with Crippen molar-refractivity contribution >= 4 is 103 Å². The Balaban J connectivity index is 0.000000160. The van der Waals surface area contributed by atoms with Crippen molar-refractivity contribution in [2.24, 2.45) is 0 Å². The molecule has 6 heteroatoms. The number of hydrogen-bond donors (Lipinski definition) is 0. The van der Waals surface area contributed by atoms with Crippen molar-refractivity contribution in [3.8, 4) is 0 Å². The predicted octanol–water partition coefficient (Wildman–Crippen LogP) is 25.7. The fourth-order valence-corrected chi connectivity index (χ4v) is 18.9. The first-order valence-corrected chi connectivity index (χ1v) is 38.1. The van der Waals surface area contributed by atoms with Crippen LogP contribution in [-0.2, 0) is 0 Å². The molecule has 498 valence electrons. The molecule has 0 spiro atoms. The molecule has 0 N–H and O–H groups in total. The average Bonchev–Trinajstić information content (AvgIpc) is 0.698. The number of nitrogens with zero attached hydrogens (tertiary/aromatic N) is 4. The lowest BCUT2D eigenvalue weighted by Crippen LogP contribution is -2.61. The smallest absolute Gasteiger partial charge is 0.252 e. The van der Waals surface area contributed by atoms with Gasteiger partial charge in [0.15, 0.2) is 0 Å². The first-order chi connectivity index (χ1) is 47.8. The number of rotatable bonds is 12. The fourth-order valence-electron chi connectivity index (χ4n) is 18.6. The zero-order valence-corrected chi connectivity index (χ0v) is 60.4. The molecule has 0 radical (unpaired) electrons. The average molecular weight is 1310 g/mol. The topological polar surface area (TPSA) is 13.0 Å². The number of fused-ring (bicyclic) bond motifs is 4. The van der Waals surface area contributed by atoms with Gasteiger partial charge in [-0.25, -0.2) is 0 Å². The summed E-state index contributed by atoms with van der Waals surface area (Å²) < 4.78 is 0. The molecule has 6 aliphatic rings. The molecule has 10 aromatic carbocycles. The Morgan fingerprint density at radius 1 is 0.296 bits per heavy atom.